The molecule has 0 spiro atoms. The zero-order chi connectivity index (χ0) is 17.8. The van der Waals surface area contributed by atoms with Gasteiger partial charge >= 0.3 is 0 Å². The lowest BCUT2D eigenvalue weighted by molar-refractivity contribution is 0.0946. The SMILES string of the molecule is CCNC(=O)c1cccc(CNC(=O)c2cc(Cl)c3c(c2)OCO3)c1. The molecule has 0 aliphatic carbocycles. The van der Waals surface area contributed by atoms with E-state index in [9.17, 15) is 9.59 Å². The number of fused-ring (bicyclic) bond motifs is 1. The second kappa shape index (κ2) is 7.44. The quantitative estimate of drug-likeness (QED) is 0.859. The Morgan fingerprint density at radius 3 is 2.68 bits per heavy atom. The van der Waals surface area contributed by atoms with E-state index in [0.717, 1.165) is 5.56 Å². The van der Waals surface area contributed by atoms with E-state index in [4.69, 9.17) is 21.1 Å². The summed E-state index contributed by atoms with van der Waals surface area (Å²) in [5, 5.41) is 5.88. The Hall–Kier alpha value is -2.73. The van der Waals surface area contributed by atoms with E-state index >= 15 is 0 Å². The van der Waals surface area contributed by atoms with Crippen molar-refractivity contribution < 1.29 is 19.1 Å². The topological polar surface area (TPSA) is 76.7 Å². The van der Waals surface area contributed by atoms with E-state index in [2.05, 4.69) is 10.6 Å². The Morgan fingerprint density at radius 1 is 1.08 bits per heavy atom. The first-order chi connectivity index (χ1) is 12.1. The number of rotatable bonds is 5. The van der Waals surface area contributed by atoms with Gasteiger partial charge in [-0.05, 0) is 36.8 Å². The van der Waals surface area contributed by atoms with Crippen LogP contribution in [0.15, 0.2) is 36.4 Å². The molecule has 1 aliphatic rings. The van der Waals surface area contributed by atoms with Crippen LogP contribution < -0.4 is 20.1 Å². The van der Waals surface area contributed by atoms with Crippen LogP contribution in [0.2, 0.25) is 5.02 Å². The Labute approximate surface area is 150 Å². The van der Waals surface area contributed by atoms with Crippen molar-refractivity contribution >= 4 is 23.4 Å². The molecule has 2 N–H and O–H groups in total. The average molecular weight is 361 g/mol. The van der Waals surface area contributed by atoms with Crippen LogP contribution in [0.25, 0.3) is 0 Å². The highest BCUT2D eigenvalue weighted by molar-refractivity contribution is 6.32. The predicted octanol–water partition coefficient (Wildman–Crippen LogP) is 2.75. The number of benzene rings is 2. The van der Waals surface area contributed by atoms with Gasteiger partial charge in [-0.1, -0.05) is 23.7 Å². The first kappa shape index (κ1) is 17.1. The van der Waals surface area contributed by atoms with Crippen molar-refractivity contribution in [1.82, 2.24) is 10.6 Å². The number of nitrogens with one attached hydrogen (secondary N) is 2. The van der Waals surface area contributed by atoms with Crippen molar-refractivity contribution in [2.75, 3.05) is 13.3 Å². The lowest BCUT2D eigenvalue weighted by atomic mass is 10.1. The van der Waals surface area contributed by atoms with Crippen molar-refractivity contribution in [3.63, 3.8) is 0 Å². The second-order valence-corrected chi connectivity index (χ2v) is 5.84. The van der Waals surface area contributed by atoms with Crippen molar-refractivity contribution in [3.05, 3.63) is 58.1 Å². The average Bonchev–Trinajstić information content (AvgIpc) is 3.09. The summed E-state index contributed by atoms with van der Waals surface area (Å²) >= 11 is 6.09. The van der Waals surface area contributed by atoms with E-state index in [0.29, 0.717) is 34.2 Å². The summed E-state index contributed by atoms with van der Waals surface area (Å²) in [6, 6.07) is 10.2. The molecule has 0 bridgehead atoms. The van der Waals surface area contributed by atoms with Crippen molar-refractivity contribution in [1.29, 1.82) is 0 Å². The maximum atomic E-state index is 12.3. The summed E-state index contributed by atoms with van der Waals surface area (Å²) in [5.74, 6) is 0.477. The number of carbonyl (C=O) groups is 2. The molecule has 25 heavy (non-hydrogen) atoms. The van der Waals surface area contributed by atoms with Gasteiger partial charge in [-0.3, -0.25) is 9.59 Å². The summed E-state index contributed by atoms with van der Waals surface area (Å²) in [6.07, 6.45) is 0. The molecule has 2 amide bonds. The molecular formula is C18H17ClN2O4. The summed E-state index contributed by atoms with van der Waals surface area (Å²) in [6.45, 7) is 2.80. The normalized spacial score (nSPS) is 11.9. The van der Waals surface area contributed by atoms with Gasteiger partial charge in [-0.25, -0.2) is 0 Å². The van der Waals surface area contributed by atoms with E-state index in [1.54, 1.807) is 24.3 Å². The molecule has 0 unspecified atom stereocenters. The fraction of sp³-hybridized carbons (Fsp3) is 0.222. The zero-order valence-electron chi connectivity index (χ0n) is 13.6. The summed E-state index contributed by atoms with van der Waals surface area (Å²) in [5.41, 5.74) is 1.76. The van der Waals surface area contributed by atoms with Crippen LogP contribution >= 0.6 is 11.6 Å². The standard InChI is InChI=1S/C18H17ClN2O4/c1-2-20-17(22)12-5-3-4-11(6-12)9-21-18(23)13-7-14(19)16-15(8-13)24-10-25-16/h3-8H,2,9-10H2,1H3,(H,20,22)(H,21,23). The van der Waals surface area contributed by atoms with Gasteiger partial charge < -0.3 is 20.1 Å². The minimum atomic E-state index is -0.288. The van der Waals surface area contributed by atoms with Crippen molar-refractivity contribution in [3.8, 4) is 11.5 Å². The molecule has 0 radical (unpaired) electrons. The Kier molecular flexibility index (Phi) is 5.09. The van der Waals surface area contributed by atoms with E-state index in [-0.39, 0.29) is 25.2 Å². The summed E-state index contributed by atoms with van der Waals surface area (Å²) in [7, 11) is 0. The van der Waals surface area contributed by atoms with Crippen LogP contribution in [0.4, 0.5) is 0 Å². The summed E-state index contributed by atoms with van der Waals surface area (Å²) in [4.78, 5) is 24.2. The van der Waals surface area contributed by atoms with Gasteiger partial charge in [0.2, 0.25) is 6.79 Å². The number of halogens is 1. The van der Waals surface area contributed by atoms with Gasteiger partial charge in [-0.15, -0.1) is 0 Å². The molecule has 1 aliphatic heterocycles. The Bertz CT molecular complexity index is 823. The molecule has 3 rings (SSSR count). The van der Waals surface area contributed by atoms with Crippen molar-refractivity contribution in [2.24, 2.45) is 0 Å². The molecule has 0 aromatic heterocycles. The van der Waals surface area contributed by atoms with Gasteiger partial charge in [0.15, 0.2) is 11.5 Å². The highest BCUT2D eigenvalue weighted by atomic mass is 35.5. The minimum absolute atomic E-state index is 0.0900. The number of ether oxygens (including phenoxy) is 2. The van der Waals surface area contributed by atoms with Crippen LogP contribution in [-0.2, 0) is 6.54 Å². The van der Waals surface area contributed by atoms with Gasteiger partial charge in [-0.2, -0.15) is 0 Å². The monoisotopic (exact) mass is 360 g/mol. The van der Waals surface area contributed by atoms with Crippen LogP contribution in [0.1, 0.15) is 33.2 Å². The van der Waals surface area contributed by atoms with E-state index in [1.165, 1.54) is 6.07 Å². The van der Waals surface area contributed by atoms with Gasteiger partial charge in [0.1, 0.15) is 0 Å². The van der Waals surface area contributed by atoms with E-state index < -0.39 is 0 Å². The fourth-order valence-electron chi connectivity index (χ4n) is 2.47. The largest absolute Gasteiger partial charge is 0.454 e. The third kappa shape index (κ3) is 3.85. The van der Waals surface area contributed by atoms with Gasteiger partial charge in [0.25, 0.3) is 11.8 Å². The third-order valence-electron chi connectivity index (χ3n) is 3.67. The first-order valence-corrected chi connectivity index (χ1v) is 8.20. The fourth-order valence-corrected chi connectivity index (χ4v) is 2.73. The predicted molar refractivity (Wildman–Crippen MR) is 93.2 cm³/mol. The number of hydrogen-bond acceptors (Lipinski definition) is 4. The van der Waals surface area contributed by atoms with Crippen LogP contribution in [-0.4, -0.2) is 25.2 Å². The highest BCUT2D eigenvalue weighted by Gasteiger charge is 2.20. The van der Waals surface area contributed by atoms with Crippen molar-refractivity contribution in [2.45, 2.75) is 13.5 Å². The molecule has 7 heteroatoms. The van der Waals surface area contributed by atoms with Crippen LogP contribution in [0, 0.1) is 0 Å². The lowest BCUT2D eigenvalue weighted by Gasteiger charge is -2.09. The maximum absolute atomic E-state index is 12.3. The first-order valence-electron chi connectivity index (χ1n) is 7.83. The smallest absolute Gasteiger partial charge is 0.251 e. The molecule has 0 saturated carbocycles. The lowest BCUT2D eigenvalue weighted by Crippen LogP contribution is -2.24. The molecule has 0 atom stereocenters. The summed E-state index contributed by atoms with van der Waals surface area (Å²) < 4.78 is 10.5. The molecule has 2 aromatic carbocycles. The maximum Gasteiger partial charge on any atom is 0.251 e. The Balaban J connectivity index is 1.68. The number of carbonyl (C=O) groups excluding carboxylic acids is 2. The van der Waals surface area contributed by atoms with Crippen LogP contribution in [0.5, 0.6) is 11.5 Å². The molecular weight excluding hydrogens is 344 g/mol. The second-order valence-electron chi connectivity index (χ2n) is 5.43. The highest BCUT2D eigenvalue weighted by Crippen LogP contribution is 2.39. The zero-order valence-corrected chi connectivity index (χ0v) is 14.4. The Morgan fingerprint density at radius 2 is 1.88 bits per heavy atom. The van der Waals surface area contributed by atoms with Crippen LogP contribution in [0.3, 0.4) is 0 Å². The third-order valence-corrected chi connectivity index (χ3v) is 3.95. The number of amides is 2. The van der Waals surface area contributed by atoms with Gasteiger partial charge in [0.05, 0.1) is 5.02 Å². The molecule has 0 saturated heterocycles. The molecule has 130 valence electrons. The molecule has 1 heterocycles. The molecule has 6 nitrogen and oxygen atoms in total. The van der Waals surface area contributed by atoms with E-state index in [1.807, 2.05) is 13.0 Å². The molecule has 2 aromatic rings. The molecule has 0 fully saturated rings. The minimum Gasteiger partial charge on any atom is -0.454 e. The number of hydrogen-bond donors (Lipinski definition) is 2. The van der Waals surface area contributed by atoms with Gasteiger partial charge in [0, 0.05) is 24.2 Å².